The van der Waals surface area contributed by atoms with Crippen molar-refractivity contribution in [2.24, 2.45) is 7.05 Å². The van der Waals surface area contributed by atoms with Gasteiger partial charge in [-0.25, -0.2) is 4.79 Å². The first-order valence-electron chi connectivity index (χ1n) is 5.96. The summed E-state index contributed by atoms with van der Waals surface area (Å²) in [6.07, 6.45) is 1.63. The lowest BCUT2D eigenvalue weighted by molar-refractivity contribution is 0.0461. The number of ether oxygens (including phenoxy) is 1. The predicted molar refractivity (Wildman–Crippen MR) is 71.0 cm³/mol. The van der Waals surface area contributed by atoms with Gasteiger partial charge in [-0.1, -0.05) is 30.3 Å². The van der Waals surface area contributed by atoms with E-state index in [2.05, 4.69) is 0 Å². The summed E-state index contributed by atoms with van der Waals surface area (Å²) in [4.78, 5) is 23.2. The average molecular weight is 257 g/mol. The normalized spacial score (nSPS) is 10.2. The van der Waals surface area contributed by atoms with E-state index in [-0.39, 0.29) is 12.4 Å². The third kappa shape index (κ3) is 3.10. The molecule has 0 radical (unpaired) electrons. The third-order valence-electron chi connectivity index (χ3n) is 2.83. The zero-order chi connectivity index (χ0) is 13.8. The van der Waals surface area contributed by atoms with Crippen LogP contribution in [0.2, 0.25) is 0 Å². The molecule has 0 N–H and O–H groups in total. The Hall–Kier alpha value is -2.36. The molecule has 0 unspecified atom stereocenters. The van der Waals surface area contributed by atoms with Crippen LogP contribution in [0.5, 0.6) is 0 Å². The summed E-state index contributed by atoms with van der Waals surface area (Å²) in [5, 5.41) is 0. The van der Waals surface area contributed by atoms with Gasteiger partial charge >= 0.3 is 5.97 Å². The van der Waals surface area contributed by atoms with Crippen LogP contribution in [0, 0.1) is 0 Å². The van der Waals surface area contributed by atoms with Crippen LogP contribution < -0.4 is 0 Å². The first kappa shape index (κ1) is 13.1. The van der Waals surface area contributed by atoms with E-state index in [0.717, 1.165) is 5.56 Å². The number of carbonyl (C=O) groups is 2. The molecular formula is C15H15NO3. The summed E-state index contributed by atoms with van der Waals surface area (Å²) in [6, 6.07) is 11.0. The Morgan fingerprint density at radius 2 is 1.89 bits per heavy atom. The summed E-state index contributed by atoms with van der Waals surface area (Å²) in [5.41, 5.74) is 1.81. The molecule has 1 aromatic heterocycles. The Kier molecular flexibility index (Phi) is 3.80. The zero-order valence-corrected chi connectivity index (χ0v) is 10.9. The molecule has 0 bridgehead atoms. The summed E-state index contributed by atoms with van der Waals surface area (Å²) < 4.78 is 6.82. The highest BCUT2D eigenvalue weighted by atomic mass is 16.5. The van der Waals surface area contributed by atoms with Crippen molar-refractivity contribution in [3.8, 4) is 0 Å². The van der Waals surface area contributed by atoms with Gasteiger partial charge in [0, 0.05) is 18.8 Å². The van der Waals surface area contributed by atoms with Gasteiger partial charge in [0.15, 0.2) is 5.78 Å². The Morgan fingerprint density at radius 3 is 2.47 bits per heavy atom. The minimum atomic E-state index is -0.432. The summed E-state index contributed by atoms with van der Waals surface area (Å²) in [5.74, 6) is -0.503. The third-order valence-corrected chi connectivity index (χ3v) is 2.83. The number of Topliss-reactive ketones (excluding diaryl/α,β-unsaturated/α-hetero) is 1. The molecule has 19 heavy (non-hydrogen) atoms. The first-order chi connectivity index (χ1) is 9.08. The van der Waals surface area contributed by atoms with E-state index in [0.29, 0.717) is 11.3 Å². The minimum absolute atomic E-state index is 0.0716. The second-order valence-corrected chi connectivity index (χ2v) is 4.34. The molecular weight excluding hydrogens is 242 g/mol. The number of hydrogen-bond acceptors (Lipinski definition) is 3. The van der Waals surface area contributed by atoms with E-state index in [9.17, 15) is 9.59 Å². The van der Waals surface area contributed by atoms with Crippen LogP contribution in [0.15, 0.2) is 42.6 Å². The number of benzene rings is 1. The smallest absolute Gasteiger partial charge is 0.355 e. The topological polar surface area (TPSA) is 48.3 Å². The van der Waals surface area contributed by atoms with Crippen LogP contribution in [0.1, 0.15) is 33.3 Å². The fourth-order valence-electron chi connectivity index (χ4n) is 1.76. The van der Waals surface area contributed by atoms with Gasteiger partial charge in [0.2, 0.25) is 0 Å². The molecule has 1 aromatic carbocycles. The number of carbonyl (C=O) groups excluding carboxylic acids is 2. The second-order valence-electron chi connectivity index (χ2n) is 4.34. The van der Waals surface area contributed by atoms with Crippen LogP contribution in [0.4, 0.5) is 0 Å². The van der Waals surface area contributed by atoms with Crippen molar-refractivity contribution < 1.29 is 14.3 Å². The molecule has 4 nitrogen and oxygen atoms in total. The van der Waals surface area contributed by atoms with Crippen LogP contribution in [-0.2, 0) is 18.4 Å². The standard InChI is InChI=1S/C15H15NO3/c1-11(17)13-8-14(16(2)9-13)15(18)19-10-12-6-4-3-5-7-12/h3-9H,10H2,1-2H3. The lowest BCUT2D eigenvalue weighted by Crippen LogP contribution is -2.09. The van der Waals surface area contributed by atoms with Crippen molar-refractivity contribution in [2.75, 3.05) is 0 Å². The quantitative estimate of drug-likeness (QED) is 0.624. The van der Waals surface area contributed by atoms with Gasteiger partial charge in [-0.2, -0.15) is 0 Å². The van der Waals surface area contributed by atoms with Gasteiger partial charge in [0.25, 0.3) is 0 Å². The summed E-state index contributed by atoms with van der Waals surface area (Å²) >= 11 is 0. The van der Waals surface area contributed by atoms with Gasteiger partial charge in [-0.15, -0.1) is 0 Å². The van der Waals surface area contributed by atoms with Crippen LogP contribution in [0.3, 0.4) is 0 Å². The maximum Gasteiger partial charge on any atom is 0.355 e. The number of aryl methyl sites for hydroxylation is 1. The molecule has 0 saturated heterocycles. The molecule has 0 aliphatic carbocycles. The van der Waals surface area contributed by atoms with Crippen molar-refractivity contribution in [1.29, 1.82) is 0 Å². The molecule has 2 aromatic rings. The molecule has 0 aliphatic rings. The number of esters is 1. The molecule has 98 valence electrons. The zero-order valence-electron chi connectivity index (χ0n) is 10.9. The van der Waals surface area contributed by atoms with Gasteiger partial charge in [-0.3, -0.25) is 4.79 Å². The minimum Gasteiger partial charge on any atom is -0.456 e. The van der Waals surface area contributed by atoms with E-state index >= 15 is 0 Å². The fraction of sp³-hybridized carbons (Fsp3) is 0.200. The number of rotatable bonds is 4. The van der Waals surface area contributed by atoms with Crippen LogP contribution in [-0.4, -0.2) is 16.3 Å². The average Bonchev–Trinajstić information content (AvgIpc) is 2.80. The molecule has 2 rings (SSSR count). The molecule has 0 aliphatic heterocycles. The van der Waals surface area contributed by atoms with E-state index in [4.69, 9.17) is 4.74 Å². The van der Waals surface area contributed by atoms with Crippen LogP contribution in [0.25, 0.3) is 0 Å². The van der Waals surface area contributed by atoms with Crippen molar-refractivity contribution >= 4 is 11.8 Å². The molecule has 4 heteroatoms. The van der Waals surface area contributed by atoms with Crippen molar-refractivity contribution in [3.63, 3.8) is 0 Å². The Morgan fingerprint density at radius 1 is 1.21 bits per heavy atom. The highest BCUT2D eigenvalue weighted by Gasteiger charge is 2.15. The highest BCUT2D eigenvalue weighted by Crippen LogP contribution is 2.11. The monoisotopic (exact) mass is 257 g/mol. The highest BCUT2D eigenvalue weighted by molar-refractivity contribution is 5.97. The molecule has 0 amide bonds. The number of nitrogens with zero attached hydrogens (tertiary/aromatic N) is 1. The predicted octanol–water partition coefficient (Wildman–Crippen LogP) is 2.58. The van der Waals surface area contributed by atoms with Gasteiger partial charge in [0.1, 0.15) is 12.3 Å². The lowest BCUT2D eigenvalue weighted by atomic mass is 10.2. The van der Waals surface area contributed by atoms with E-state index in [1.165, 1.54) is 6.92 Å². The second kappa shape index (κ2) is 5.52. The van der Waals surface area contributed by atoms with E-state index < -0.39 is 5.97 Å². The maximum absolute atomic E-state index is 11.9. The fourth-order valence-corrected chi connectivity index (χ4v) is 1.76. The van der Waals surface area contributed by atoms with Crippen molar-refractivity contribution in [1.82, 2.24) is 4.57 Å². The molecule has 0 atom stereocenters. The Labute approximate surface area is 111 Å². The number of ketones is 1. The molecule has 0 saturated carbocycles. The van der Waals surface area contributed by atoms with E-state index in [1.54, 1.807) is 23.9 Å². The first-order valence-corrected chi connectivity index (χ1v) is 5.96. The molecule has 0 fully saturated rings. The Balaban J connectivity index is 2.06. The molecule has 1 heterocycles. The largest absolute Gasteiger partial charge is 0.456 e. The SMILES string of the molecule is CC(=O)c1cc(C(=O)OCc2ccccc2)n(C)c1. The maximum atomic E-state index is 11.9. The van der Waals surface area contributed by atoms with Crippen molar-refractivity contribution in [3.05, 3.63) is 59.4 Å². The van der Waals surface area contributed by atoms with Crippen LogP contribution >= 0.6 is 0 Å². The number of aromatic nitrogens is 1. The summed E-state index contributed by atoms with van der Waals surface area (Å²) in [7, 11) is 1.71. The Bertz CT molecular complexity index is 599. The van der Waals surface area contributed by atoms with Gasteiger partial charge < -0.3 is 9.30 Å². The lowest BCUT2D eigenvalue weighted by Gasteiger charge is -2.05. The van der Waals surface area contributed by atoms with E-state index in [1.807, 2.05) is 30.3 Å². The molecule has 0 spiro atoms. The van der Waals surface area contributed by atoms with Gasteiger partial charge in [-0.05, 0) is 18.6 Å². The summed E-state index contributed by atoms with van der Waals surface area (Å²) in [6.45, 7) is 1.69. The number of hydrogen-bond donors (Lipinski definition) is 0. The van der Waals surface area contributed by atoms with Crippen molar-refractivity contribution in [2.45, 2.75) is 13.5 Å². The van der Waals surface area contributed by atoms with Gasteiger partial charge in [0.05, 0.1) is 0 Å².